The highest BCUT2D eigenvalue weighted by Gasteiger charge is 2.23. The first-order valence-electron chi connectivity index (χ1n) is 6.80. The molecule has 1 N–H and O–H groups in total. The number of benzene rings is 2. The van der Waals surface area contributed by atoms with Gasteiger partial charge in [0.25, 0.3) is 0 Å². The van der Waals surface area contributed by atoms with Crippen LogP contribution in [0.1, 0.15) is 12.5 Å². The Bertz CT molecular complexity index is 526. The van der Waals surface area contributed by atoms with Crippen molar-refractivity contribution >= 4 is 10.8 Å². The van der Waals surface area contributed by atoms with Crippen molar-refractivity contribution in [2.45, 2.75) is 19.5 Å². The lowest BCUT2D eigenvalue weighted by Crippen LogP contribution is -2.56. The van der Waals surface area contributed by atoms with Gasteiger partial charge in [-0.1, -0.05) is 49.4 Å². The lowest BCUT2D eigenvalue weighted by Gasteiger charge is -2.37. The summed E-state index contributed by atoms with van der Waals surface area (Å²) in [6, 6.07) is 16.0. The fourth-order valence-electron chi connectivity index (χ4n) is 2.68. The molecule has 0 saturated carbocycles. The molecule has 2 aromatic carbocycles. The fraction of sp³-hybridized carbons (Fsp3) is 0.375. The second-order valence-corrected chi connectivity index (χ2v) is 5.01. The van der Waals surface area contributed by atoms with Gasteiger partial charge in [-0.25, -0.2) is 0 Å². The van der Waals surface area contributed by atoms with Gasteiger partial charge in [-0.15, -0.1) is 0 Å². The second-order valence-electron chi connectivity index (χ2n) is 5.01. The summed E-state index contributed by atoms with van der Waals surface area (Å²) in [4.78, 5) is 2.57. The summed E-state index contributed by atoms with van der Waals surface area (Å²) in [6.45, 7) is 6.71. The molecule has 2 nitrogen and oxygen atoms in total. The highest BCUT2D eigenvalue weighted by molar-refractivity contribution is 5.85. The molecule has 2 heteroatoms. The average Bonchev–Trinajstić information content (AvgIpc) is 2.36. The zero-order valence-electron chi connectivity index (χ0n) is 10.9. The molecule has 1 fully saturated rings. The van der Waals surface area contributed by atoms with Crippen LogP contribution < -0.4 is 5.32 Å². The van der Waals surface area contributed by atoms with Gasteiger partial charge < -0.3 is 5.32 Å². The number of likely N-dealkylation sites (N-methyl/N-ethyl adjacent to an activating group) is 1. The maximum atomic E-state index is 3.36. The van der Waals surface area contributed by atoms with Crippen LogP contribution in [0.15, 0.2) is 42.5 Å². The molecule has 0 aromatic heterocycles. The van der Waals surface area contributed by atoms with E-state index in [1.807, 2.05) is 0 Å². The quantitative estimate of drug-likeness (QED) is 0.884. The van der Waals surface area contributed by atoms with E-state index >= 15 is 0 Å². The van der Waals surface area contributed by atoms with Crippen molar-refractivity contribution in [3.05, 3.63) is 48.0 Å². The largest absolute Gasteiger partial charge is 0.314 e. The molecule has 0 aliphatic carbocycles. The van der Waals surface area contributed by atoms with Crippen LogP contribution >= 0.6 is 0 Å². The van der Waals surface area contributed by atoms with E-state index in [-0.39, 0.29) is 0 Å². The van der Waals surface area contributed by atoms with Gasteiger partial charge in [-0.05, 0) is 22.9 Å². The maximum Gasteiger partial charge on any atom is 0.0348 e. The molecule has 2 aromatic rings. The summed E-state index contributed by atoms with van der Waals surface area (Å²) in [6.07, 6.45) is 0. The molecule has 3 rings (SSSR count). The summed E-state index contributed by atoms with van der Waals surface area (Å²) in [5, 5.41) is 6.10. The Balaban J connectivity index is 1.89. The minimum absolute atomic E-state index is 0.717. The van der Waals surface area contributed by atoms with E-state index in [4.69, 9.17) is 0 Å². The molecule has 1 saturated heterocycles. The molecule has 94 valence electrons. The van der Waals surface area contributed by atoms with Crippen LogP contribution in [0.3, 0.4) is 0 Å². The Morgan fingerprint density at radius 1 is 1.11 bits per heavy atom. The number of hydrogen-bond donors (Lipinski definition) is 1. The predicted octanol–water partition coefficient (Wildman–Crippen LogP) is 2.63. The van der Waals surface area contributed by atoms with Crippen LogP contribution in [0.25, 0.3) is 10.8 Å². The van der Waals surface area contributed by atoms with E-state index in [9.17, 15) is 0 Å². The standard InChI is InChI=1S/C16H20N2/c1-2-18(15-10-17-11-15)12-14-8-5-7-13-6-3-4-9-16(13)14/h3-9,15,17H,2,10-12H2,1H3. The van der Waals surface area contributed by atoms with Crippen molar-refractivity contribution in [1.82, 2.24) is 10.2 Å². The van der Waals surface area contributed by atoms with Crippen molar-refractivity contribution < 1.29 is 0 Å². The molecular formula is C16H20N2. The maximum absolute atomic E-state index is 3.36. The smallest absolute Gasteiger partial charge is 0.0348 e. The van der Waals surface area contributed by atoms with Crippen molar-refractivity contribution in [3.8, 4) is 0 Å². The monoisotopic (exact) mass is 240 g/mol. The molecule has 1 aliphatic heterocycles. The van der Waals surface area contributed by atoms with Gasteiger partial charge in [0, 0.05) is 25.7 Å². The highest BCUT2D eigenvalue weighted by atomic mass is 15.2. The van der Waals surface area contributed by atoms with Gasteiger partial charge in [-0.3, -0.25) is 4.90 Å². The van der Waals surface area contributed by atoms with Crippen molar-refractivity contribution in [1.29, 1.82) is 0 Å². The van der Waals surface area contributed by atoms with Crippen LogP contribution in [0.4, 0.5) is 0 Å². The van der Waals surface area contributed by atoms with E-state index in [0.29, 0.717) is 6.04 Å². The molecule has 0 atom stereocenters. The van der Waals surface area contributed by atoms with Crippen LogP contribution in [0, 0.1) is 0 Å². The van der Waals surface area contributed by atoms with Crippen molar-refractivity contribution in [2.75, 3.05) is 19.6 Å². The third kappa shape index (κ3) is 2.14. The summed E-state index contributed by atoms with van der Waals surface area (Å²) >= 11 is 0. The predicted molar refractivity (Wildman–Crippen MR) is 76.7 cm³/mol. The first kappa shape index (κ1) is 11.7. The lowest BCUT2D eigenvalue weighted by molar-refractivity contribution is 0.146. The SMILES string of the molecule is CCN(Cc1cccc2ccccc12)C1CNC1. The summed E-state index contributed by atoms with van der Waals surface area (Å²) in [7, 11) is 0. The Kier molecular flexibility index (Phi) is 3.31. The molecule has 0 amide bonds. The Morgan fingerprint density at radius 2 is 1.89 bits per heavy atom. The van der Waals surface area contributed by atoms with Gasteiger partial charge in [0.1, 0.15) is 0 Å². The van der Waals surface area contributed by atoms with Gasteiger partial charge >= 0.3 is 0 Å². The number of rotatable bonds is 4. The minimum Gasteiger partial charge on any atom is -0.314 e. The minimum atomic E-state index is 0.717. The van der Waals surface area contributed by atoms with E-state index in [0.717, 1.165) is 26.2 Å². The molecule has 1 heterocycles. The molecule has 0 radical (unpaired) electrons. The summed E-state index contributed by atoms with van der Waals surface area (Å²) in [5.74, 6) is 0. The van der Waals surface area contributed by atoms with Gasteiger partial charge in [0.05, 0.1) is 0 Å². The zero-order valence-corrected chi connectivity index (χ0v) is 10.9. The van der Waals surface area contributed by atoms with E-state index < -0.39 is 0 Å². The molecular weight excluding hydrogens is 220 g/mol. The van der Waals surface area contributed by atoms with E-state index in [1.54, 1.807) is 0 Å². The zero-order chi connectivity index (χ0) is 12.4. The number of fused-ring (bicyclic) bond motifs is 1. The Labute approximate surface area is 109 Å². The van der Waals surface area contributed by atoms with Crippen molar-refractivity contribution in [3.63, 3.8) is 0 Å². The molecule has 18 heavy (non-hydrogen) atoms. The van der Waals surface area contributed by atoms with Crippen molar-refractivity contribution in [2.24, 2.45) is 0 Å². The van der Waals surface area contributed by atoms with Gasteiger partial charge in [0.15, 0.2) is 0 Å². The second kappa shape index (κ2) is 5.09. The molecule has 1 aliphatic rings. The first-order valence-corrected chi connectivity index (χ1v) is 6.80. The fourth-order valence-corrected chi connectivity index (χ4v) is 2.68. The topological polar surface area (TPSA) is 15.3 Å². The van der Waals surface area contributed by atoms with Gasteiger partial charge in [-0.2, -0.15) is 0 Å². The number of hydrogen-bond acceptors (Lipinski definition) is 2. The van der Waals surface area contributed by atoms with E-state index in [1.165, 1.54) is 16.3 Å². The lowest BCUT2D eigenvalue weighted by atomic mass is 10.0. The average molecular weight is 240 g/mol. The van der Waals surface area contributed by atoms with Crippen LogP contribution in [-0.4, -0.2) is 30.6 Å². The van der Waals surface area contributed by atoms with Crippen LogP contribution in [0.2, 0.25) is 0 Å². The number of nitrogens with one attached hydrogen (secondary N) is 1. The summed E-state index contributed by atoms with van der Waals surface area (Å²) < 4.78 is 0. The van der Waals surface area contributed by atoms with Crippen LogP contribution in [0.5, 0.6) is 0 Å². The number of nitrogens with zero attached hydrogens (tertiary/aromatic N) is 1. The Morgan fingerprint density at radius 3 is 2.61 bits per heavy atom. The van der Waals surface area contributed by atoms with Gasteiger partial charge in [0.2, 0.25) is 0 Å². The third-order valence-electron chi connectivity index (χ3n) is 3.94. The van der Waals surface area contributed by atoms with E-state index in [2.05, 4.69) is 59.6 Å². The highest BCUT2D eigenvalue weighted by Crippen LogP contribution is 2.21. The normalized spacial score (nSPS) is 16.1. The summed E-state index contributed by atoms with van der Waals surface area (Å²) in [5.41, 5.74) is 1.45. The third-order valence-corrected chi connectivity index (χ3v) is 3.94. The molecule has 0 bridgehead atoms. The molecule has 0 unspecified atom stereocenters. The van der Waals surface area contributed by atoms with Crippen LogP contribution in [-0.2, 0) is 6.54 Å². The Hall–Kier alpha value is -1.38. The molecule has 0 spiro atoms. The first-order chi connectivity index (χ1) is 8.88.